The Kier molecular flexibility index (Phi) is 7.52. The summed E-state index contributed by atoms with van der Waals surface area (Å²) >= 11 is 0. The lowest BCUT2D eigenvalue weighted by Crippen LogP contribution is -2.24. The number of anilines is 1. The molecule has 3 unspecified atom stereocenters. The van der Waals surface area contributed by atoms with Crippen molar-refractivity contribution in [3.63, 3.8) is 0 Å². The van der Waals surface area contributed by atoms with Gasteiger partial charge in [0.25, 0.3) is 10.1 Å². The molecule has 0 bridgehead atoms. The zero-order chi connectivity index (χ0) is 20.0. The van der Waals surface area contributed by atoms with Crippen LogP contribution in [0.5, 0.6) is 0 Å². The lowest BCUT2D eigenvalue weighted by molar-refractivity contribution is 0.235. The summed E-state index contributed by atoms with van der Waals surface area (Å²) in [6, 6.07) is 6.77. The molecule has 1 heterocycles. The van der Waals surface area contributed by atoms with E-state index < -0.39 is 10.1 Å². The maximum absolute atomic E-state index is 11.6. The minimum absolute atomic E-state index is 0.0935. The molecule has 2 N–H and O–H groups in total. The van der Waals surface area contributed by atoms with Gasteiger partial charge in [-0.25, -0.2) is 0 Å². The number of aliphatic imine (C=N–C) groups is 1. The predicted molar refractivity (Wildman–Crippen MR) is 115 cm³/mol. The van der Waals surface area contributed by atoms with Crippen LogP contribution >= 0.6 is 0 Å². The van der Waals surface area contributed by atoms with Crippen LogP contribution < -0.4 is 5.32 Å². The second-order valence-electron chi connectivity index (χ2n) is 8.48. The summed E-state index contributed by atoms with van der Waals surface area (Å²) in [4.78, 5) is 4.78. The Morgan fingerprint density at radius 3 is 2.57 bits per heavy atom. The van der Waals surface area contributed by atoms with E-state index in [0.717, 1.165) is 43.4 Å². The fourth-order valence-electron chi connectivity index (χ4n) is 4.87. The molecule has 0 radical (unpaired) electrons. The summed E-state index contributed by atoms with van der Waals surface area (Å²) in [5.41, 5.74) is 0.402. The van der Waals surface area contributed by atoms with Crippen LogP contribution in [0.4, 0.5) is 5.69 Å². The minimum atomic E-state index is -4.25. The van der Waals surface area contributed by atoms with Crippen molar-refractivity contribution < 1.29 is 13.0 Å². The highest BCUT2D eigenvalue weighted by Gasteiger charge is 2.24. The molecule has 1 aliphatic carbocycles. The van der Waals surface area contributed by atoms with E-state index in [2.05, 4.69) is 12.2 Å². The molecule has 1 saturated carbocycles. The quantitative estimate of drug-likeness (QED) is 0.571. The normalized spacial score (nSPS) is 25.9. The molecule has 1 aromatic rings. The van der Waals surface area contributed by atoms with E-state index in [0.29, 0.717) is 11.7 Å². The smallest absolute Gasteiger partial charge is 0.296 e. The zero-order valence-corrected chi connectivity index (χ0v) is 17.8. The first kappa shape index (κ1) is 21.3. The topological polar surface area (TPSA) is 78.8 Å². The largest absolute Gasteiger partial charge is 0.343 e. The summed E-state index contributed by atoms with van der Waals surface area (Å²) in [6.45, 7) is 2.29. The number of hydrogen-bond acceptors (Lipinski definition) is 4. The zero-order valence-electron chi connectivity index (χ0n) is 16.9. The van der Waals surface area contributed by atoms with Crippen LogP contribution in [0.1, 0.15) is 77.6 Å². The SMILES string of the molecule is CCCC1CCCC(CCC2CCCC(Nc3ccccc3S(=O)(=O)O)=N2)C1. The van der Waals surface area contributed by atoms with Crippen LogP contribution in [-0.2, 0) is 10.1 Å². The molecule has 3 rings (SSSR count). The van der Waals surface area contributed by atoms with Crippen molar-refractivity contribution in [3.8, 4) is 0 Å². The Morgan fingerprint density at radius 1 is 1.07 bits per heavy atom. The summed E-state index contributed by atoms with van der Waals surface area (Å²) in [5, 5.41) is 3.16. The Bertz CT molecular complexity index is 774. The number of nitrogens with one attached hydrogen (secondary N) is 1. The summed E-state index contributed by atoms with van der Waals surface area (Å²) in [5.74, 6) is 2.60. The van der Waals surface area contributed by atoms with Crippen LogP contribution in [0, 0.1) is 11.8 Å². The fraction of sp³-hybridized carbons (Fsp3) is 0.682. The van der Waals surface area contributed by atoms with Gasteiger partial charge in [-0.1, -0.05) is 51.2 Å². The summed E-state index contributed by atoms with van der Waals surface area (Å²) < 4.78 is 32.6. The number of amidine groups is 1. The van der Waals surface area contributed by atoms with Crippen molar-refractivity contribution in [3.05, 3.63) is 24.3 Å². The van der Waals surface area contributed by atoms with E-state index in [1.54, 1.807) is 18.2 Å². The van der Waals surface area contributed by atoms with Gasteiger partial charge >= 0.3 is 0 Å². The van der Waals surface area contributed by atoms with Gasteiger partial charge in [0.05, 0.1) is 11.7 Å². The van der Waals surface area contributed by atoms with Gasteiger partial charge in [0.15, 0.2) is 0 Å². The average Bonchev–Trinajstić information content (AvgIpc) is 2.67. The molecule has 1 aliphatic heterocycles. The molecule has 1 fully saturated rings. The number of rotatable bonds is 7. The Morgan fingerprint density at radius 2 is 1.82 bits per heavy atom. The van der Waals surface area contributed by atoms with Gasteiger partial charge < -0.3 is 5.32 Å². The Labute approximate surface area is 169 Å². The lowest BCUT2D eigenvalue weighted by atomic mass is 9.77. The maximum atomic E-state index is 11.6. The van der Waals surface area contributed by atoms with E-state index in [9.17, 15) is 13.0 Å². The number of para-hydroxylation sites is 1. The van der Waals surface area contributed by atoms with Crippen LogP contribution in [0.15, 0.2) is 34.2 Å². The predicted octanol–water partition coefficient (Wildman–Crippen LogP) is 5.68. The molecule has 0 saturated heterocycles. The second kappa shape index (κ2) is 9.88. The number of benzene rings is 1. The van der Waals surface area contributed by atoms with Crippen LogP contribution in [-0.4, -0.2) is 24.8 Å². The molecule has 0 spiro atoms. The van der Waals surface area contributed by atoms with Crippen LogP contribution in [0.25, 0.3) is 0 Å². The highest BCUT2D eigenvalue weighted by molar-refractivity contribution is 7.86. The monoisotopic (exact) mass is 406 g/mol. The van der Waals surface area contributed by atoms with Gasteiger partial charge in [-0.3, -0.25) is 9.55 Å². The van der Waals surface area contributed by atoms with Crippen molar-refractivity contribution >= 4 is 21.6 Å². The van der Waals surface area contributed by atoms with Crippen LogP contribution in [0.2, 0.25) is 0 Å². The maximum Gasteiger partial charge on any atom is 0.296 e. The second-order valence-corrected chi connectivity index (χ2v) is 9.87. The first-order chi connectivity index (χ1) is 13.5. The summed E-state index contributed by atoms with van der Waals surface area (Å²) in [7, 11) is -4.25. The van der Waals surface area contributed by atoms with E-state index >= 15 is 0 Å². The van der Waals surface area contributed by atoms with E-state index in [-0.39, 0.29) is 4.90 Å². The van der Waals surface area contributed by atoms with Gasteiger partial charge in [0, 0.05) is 6.42 Å². The van der Waals surface area contributed by atoms with Gasteiger partial charge in [-0.05, 0) is 56.1 Å². The molecular formula is C22H34N2O3S. The first-order valence-corrected chi connectivity index (χ1v) is 12.3. The van der Waals surface area contributed by atoms with Gasteiger partial charge in [0.1, 0.15) is 10.7 Å². The first-order valence-electron chi connectivity index (χ1n) is 10.9. The summed E-state index contributed by atoms with van der Waals surface area (Å²) in [6.07, 6.45) is 13.6. The average molecular weight is 407 g/mol. The van der Waals surface area contributed by atoms with Crippen molar-refractivity contribution in [2.24, 2.45) is 16.8 Å². The third-order valence-corrected chi connectivity index (χ3v) is 7.14. The molecule has 156 valence electrons. The van der Waals surface area contributed by atoms with E-state index in [1.807, 2.05) is 0 Å². The van der Waals surface area contributed by atoms with E-state index in [1.165, 1.54) is 51.0 Å². The minimum Gasteiger partial charge on any atom is -0.343 e. The molecule has 5 nitrogen and oxygen atoms in total. The third-order valence-electron chi connectivity index (χ3n) is 6.23. The molecule has 6 heteroatoms. The Hall–Kier alpha value is -1.40. The van der Waals surface area contributed by atoms with Crippen molar-refractivity contribution in [1.82, 2.24) is 0 Å². The molecule has 1 aromatic carbocycles. The third kappa shape index (κ3) is 6.05. The Balaban J connectivity index is 1.58. The number of nitrogens with zero attached hydrogens (tertiary/aromatic N) is 1. The van der Waals surface area contributed by atoms with E-state index in [4.69, 9.17) is 4.99 Å². The molecule has 3 atom stereocenters. The highest BCUT2D eigenvalue weighted by atomic mass is 32.2. The van der Waals surface area contributed by atoms with Crippen molar-refractivity contribution in [2.45, 2.75) is 88.5 Å². The standard InChI is InChI=1S/C22H34N2O3S/c1-2-7-17-8-5-9-18(16-17)14-15-19-10-6-13-22(23-19)24-20-11-3-4-12-21(20)28(25,26)27/h3-4,11-12,17-19H,2,5-10,13-16H2,1H3,(H,23,24)(H,25,26,27). The molecule has 0 aromatic heterocycles. The molecule has 0 amide bonds. The highest BCUT2D eigenvalue weighted by Crippen LogP contribution is 2.35. The fourth-order valence-corrected chi connectivity index (χ4v) is 5.52. The van der Waals surface area contributed by atoms with Crippen molar-refractivity contribution in [2.75, 3.05) is 5.32 Å². The van der Waals surface area contributed by atoms with Gasteiger partial charge in [-0.15, -0.1) is 0 Å². The molecule has 2 aliphatic rings. The van der Waals surface area contributed by atoms with Gasteiger partial charge in [-0.2, -0.15) is 8.42 Å². The number of hydrogen-bond donors (Lipinski definition) is 2. The van der Waals surface area contributed by atoms with Crippen molar-refractivity contribution in [1.29, 1.82) is 0 Å². The molecular weight excluding hydrogens is 372 g/mol. The lowest BCUT2D eigenvalue weighted by Gasteiger charge is -2.30. The molecule has 28 heavy (non-hydrogen) atoms. The van der Waals surface area contributed by atoms with Crippen LogP contribution in [0.3, 0.4) is 0 Å². The van der Waals surface area contributed by atoms with Gasteiger partial charge in [0.2, 0.25) is 0 Å².